The molecule has 1 amide bonds. The highest BCUT2D eigenvalue weighted by Gasteiger charge is 2.41. The summed E-state index contributed by atoms with van der Waals surface area (Å²) in [6, 6.07) is 6.05. The van der Waals surface area contributed by atoms with Crippen LogP contribution in [0.15, 0.2) is 42.0 Å². The largest absolute Gasteiger partial charge is 0.325 e. The average molecular weight is 487 g/mol. The van der Waals surface area contributed by atoms with Crippen molar-refractivity contribution in [3.05, 3.63) is 57.8 Å². The number of nitrogens with zero attached hydrogens (tertiary/aromatic N) is 2. The Labute approximate surface area is 185 Å². The summed E-state index contributed by atoms with van der Waals surface area (Å²) in [6.45, 7) is 0. The molecule has 7 nitrogen and oxygen atoms in total. The molecular formula is C18H16ClFN4O3S3. The lowest BCUT2D eigenvalue weighted by Gasteiger charge is -2.35. The molecular weight excluding hydrogens is 471 g/mol. The number of anilines is 1. The van der Waals surface area contributed by atoms with Crippen LogP contribution in [0, 0.1) is 5.82 Å². The molecule has 2 aromatic heterocycles. The number of halogens is 2. The SMILES string of the molecule is CN1[C@H](C(=O)Nc2ccc(F)c(Cl)c2)C[C@H](c2ccc(-c3cncs3)s2)NS1(=O)=O. The van der Waals surface area contributed by atoms with E-state index in [0.29, 0.717) is 0 Å². The van der Waals surface area contributed by atoms with Gasteiger partial charge < -0.3 is 5.32 Å². The Balaban J connectivity index is 1.57. The summed E-state index contributed by atoms with van der Waals surface area (Å²) in [5.41, 5.74) is 2.02. The lowest BCUT2D eigenvalue weighted by Crippen LogP contribution is -2.55. The zero-order valence-corrected chi connectivity index (χ0v) is 18.7. The van der Waals surface area contributed by atoms with Crippen LogP contribution in [0.3, 0.4) is 0 Å². The first-order chi connectivity index (χ1) is 14.2. The molecule has 1 aliphatic heterocycles. The maximum Gasteiger partial charge on any atom is 0.280 e. The molecule has 0 aliphatic carbocycles. The molecule has 1 fully saturated rings. The van der Waals surface area contributed by atoms with Crippen LogP contribution in [0.1, 0.15) is 17.3 Å². The molecule has 0 bridgehead atoms. The van der Waals surface area contributed by atoms with Gasteiger partial charge in [-0.05, 0) is 36.8 Å². The van der Waals surface area contributed by atoms with E-state index in [1.165, 1.54) is 41.9 Å². The van der Waals surface area contributed by atoms with Crippen LogP contribution >= 0.6 is 34.3 Å². The third kappa shape index (κ3) is 4.27. The predicted octanol–water partition coefficient (Wildman–Crippen LogP) is 3.88. The molecule has 0 radical (unpaired) electrons. The van der Waals surface area contributed by atoms with Crippen LogP contribution in [-0.4, -0.2) is 36.7 Å². The molecule has 0 unspecified atom stereocenters. The lowest BCUT2D eigenvalue weighted by molar-refractivity contribution is -0.120. The third-order valence-electron chi connectivity index (χ3n) is 4.70. The fourth-order valence-corrected chi connectivity index (χ4v) is 6.41. The fourth-order valence-electron chi connectivity index (χ4n) is 3.11. The highest BCUT2D eigenvalue weighted by atomic mass is 35.5. The van der Waals surface area contributed by atoms with E-state index >= 15 is 0 Å². The van der Waals surface area contributed by atoms with E-state index in [2.05, 4.69) is 15.0 Å². The van der Waals surface area contributed by atoms with Crippen LogP contribution in [0.25, 0.3) is 9.75 Å². The Hall–Kier alpha value is -1.89. The fraction of sp³-hybridized carbons (Fsp3) is 0.222. The van der Waals surface area contributed by atoms with Gasteiger partial charge in [0.2, 0.25) is 5.91 Å². The van der Waals surface area contributed by atoms with Crippen molar-refractivity contribution in [2.24, 2.45) is 0 Å². The Morgan fingerprint density at radius 3 is 2.83 bits per heavy atom. The van der Waals surface area contributed by atoms with Gasteiger partial charge >= 0.3 is 0 Å². The van der Waals surface area contributed by atoms with Gasteiger partial charge in [-0.3, -0.25) is 9.78 Å². The number of hydrogen-bond donors (Lipinski definition) is 2. The van der Waals surface area contributed by atoms with Gasteiger partial charge in [0.1, 0.15) is 11.9 Å². The number of thiophene rings is 1. The number of carbonyl (C=O) groups is 1. The van der Waals surface area contributed by atoms with Crippen LogP contribution in [-0.2, 0) is 15.0 Å². The van der Waals surface area contributed by atoms with Gasteiger partial charge in [-0.25, -0.2) is 4.39 Å². The maximum absolute atomic E-state index is 13.4. The Bertz CT molecular complexity index is 1180. The molecule has 12 heteroatoms. The molecule has 30 heavy (non-hydrogen) atoms. The van der Waals surface area contributed by atoms with Gasteiger partial charge in [0.15, 0.2) is 0 Å². The minimum Gasteiger partial charge on any atom is -0.325 e. The smallest absolute Gasteiger partial charge is 0.280 e. The zero-order valence-electron chi connectivity index (χ0n) is 15.5. The summed E-state index contributed by atoms with van der Waals surface area (Å²) in [5, 5.41) is 2.49. The second-order valence-electron chi connectivity index (χ2n) is 6.63. The van der Waals surface area contributed by atoms with Crippen molar-refractivity contribution in [3.63, 3.8) is 0 Å². The van der Waals surface area contributed by atoms with E-state index < -0.39 is 34.0 Å². The summed E-state index contributed by atoms with van der Waals surface area (Å²) in [6.07, 6.45) is 1.99. The Morgan fingerprint density at radius 2 is 2.13 bits per heavy atom. The number of likely N-dealkylation sites (N-methyl/N-ethyl adjacent to an activating group) is 1. The van der Waals surface area contributed by atoms with Crippen molar-refractivity contribution in [3.8, 4) is 9.75 Å². The van der Waals surface area contributed by atoms with E-state index in [4.69, 9.17) is 11.6 Å². The van der Waals surface area contributed by atoms with Gasteiger partial charge in [0, 0.05) is 28.7 Å². The first kappa shape index (κ1) is 21.3. The zero-order chi connectivity index (χ0) is 21.5. The summed E-state index contributed by atoms with van der Waals surface area (Å²) >= 11 is 8.71. The molecule has 158 valence electrons. The third-order valence-corrected chi connectivity index (χ3v) is 8.76. The monoisotopic (exact) mass is 486 g/mol. The predicted molar refractivity (Wildman–Crippen MR) is 116 cm³/mol. The minimum absolute atomic E-state index is 0.133. The summed E-state index contributed by atoms with van der Waals surface area (Å²) in [4.78, 5) is 19.7. The number of amides is 1. The first-order valence-corrected chi connectivity index (χ1v) is 12.3. The molecule has 2 N–H and O–H groups in total. The van der Waals surface area contributed by atoms with E-state index in [1.807, 2.05) is 12.1 Å². The molecule has 3 heterocycles. The Kier molecular flexibility index (Phi) is 5.93. The van der Waals surface area contributed by atoms with Gasteiger partial charge in [-0.15, -0.1) is 22.7 Å². The average Bonchev–Trinajstić information content (AvgIpc) is 3.38. The molecule has 4 rings (SSSR count). The number of rotatable bonds is 4. The Morgan fingerprint density at radius 1 is 1.33 bits per heavy atom. The van der Waals surface area contributed by atoms with Crippen molar-refractivity contribution >= 4 is 56.1 Å². The normalized spacial score (nSPS) is 21.4. The molecule has 2 atom stereocenters. The summed E-state index contributed by atoms with van der Waals surface area (Å²) in [7, 11) is -2.53. The minimum atomic E-state index is -3.87. The lowest BCUT2D eigenvalue weighted by atomic mass is 10.1. The number of benzene rings is 1. The van der Waals surface area contributed by atoms with Crippen LogP contribution < -0.4 is 10.0 Å². The summed E-state index contributed by atoms with van der Waals surface area (Å²) in [5.74, 6) is -1.12. The molecule has 1 aliphatic rings. The quantitative estimate of drug-likeness (QED) is 0.585. The molecule has 0 saturated carbocycles. The van der Waals surface area contributed by atoms with E-state index in [-0.39, 0.29) is 17.1 Å². The van der Waals surface area contributed by atoms with Crippen molar-refractivity contribution in [1.82, 2.24) is 14.0 Å². The van der Waals surface area contributed by atoms with E-state index in [9.17, 15) is 17.6 Å². The second-order valence-corrected chi connectivity index (χ2v) is 10.8. The highest BCUT2D eigenvalue weighted by Crippen LogP contribution is 2.37. The van der Waals surface area contributed by atoms with Crippen LogP contribution in [0.5, 0.6) is 0 Å². The highest BCUT2D eigenvalue weighted by molar-refractivity contribution is 7.87. The first-order valence-electron chi connectivity index (χ1n) is 8.74. The van der Waals surface area contributed by atoms with Crippen LogP contribution in [0.4, 0.5) is 10.1 Å². The topological polar surface area (TPSA) is 91.4 Å². The maximum atomic E-state index is 13.4. The number of hydrogen-bond acceptors (Lipinski definition) is 6. The summed E-state index contributed by atoms with van der Waals surface area (Å²) < 4.78 is 42.2. The van der Waals surface area contributed by atoms with Crippen molar-refractivity contribution < 1.29 is 17.6 Å². The molecule has 1 aromatic carbocycles. The number of thiazole rings is 1. The van der Waals surface area contributed by atoms with Crippen molar-refractivity contribution in [1.29, 1.82) is 0 Å². The molecule has 0 spiro atoms. The van der Waals surface area contributed by atoms with Crippen molar-refractivity contribution in [2.75, 3.05) is 12.4 Å². The van der Waals surface area contributed by atoms with E-state index in [0.717, 1.165) is 25.0 Å². The molecule has 3 aromatic rings. The van der Waals surface area contributed by atoms with Crippen LogP contribution in [0.2, 0.25) is 5.02 Å². The van der Waals surface area contributed by atoms with Gasteiger partial charge in [-0.2, -0.15) is 17.4 Å². The number of aromatic nitrogens is 1. The van der Waals surface area contributed by atoms with Crippen molar-refractivity contribution in [2.45, 2.75) is 18.5 Å². The second kappa shape index (κ2) is 8.33. The van der Waals surface area contributed by atoms with Gasteiger partial charge in [-0.1, -0.05) is 11.6 Å². The van der Waals surface area contributed by atoms with Gasteiger partial charge in [0.25, 0.3) is 10.2 Å². The standard InChI is InChI=1S/C18H16ClFN4O3S3/c1-24-14(18(25)22-10-2-3-12(20)11(19)6-10)7-13(23-30(24,26)27)15-4-5-16(29-15)17-8-21-9-28-17/h2-6,8-9,13-14,23H,7H2,1H3,(H,22,25)/t13-,14+/m1/s1. The number of carbonyl (C=O) groups excluding carboxylic acids is 1. The van der Waals surface area contributed by atoms with Gasteiger partial charge in [0.05, 0.1) is 21.5 Å². The number of nitrogens with one attached hydrogen (secondary N) is 2. The molecule has 1 saturated heterocycles. The van der Waals surface area contributed by atoms with E-state index in [1.54, 1.807) is 11.7 Å².